The van der Waals surface area contributed by atoms with E-state index in [1.807, 2.05) is 32.2 Å². The molecule has 0 aliphatic heterocycles. The molecule has 18 heavy (non-hydrogen) atoms. The van der Waals surface area contributed by atoms with Gasteiger partial charge in [0.15, 0.2) is 11.6 Å². The van der Waals surface area contributed by atoms with E-state index >= 15 is 0 Å². The molecule has 3 nitrogen and oxygen atoms in total. The normalized spacial score (nSPS) is 14.8. The van der Waals surface area contributed by atoms with E-state index in [-0.39, 0.29) is 17.1 Å². The first-order valence-corrected chi connectivity index (χ1v) is 5.94. The van der Waals surface area contributed by atoms with Gasteiger partial charge in [-0.25, -0.2) is 0 Å². The van der Waals surface area contributed by atoms with Gasteiger partial charge in [-0.3, -0.25) is 9.59 Å². The summed E-state index contributed by atoms with van der Waals surface area (Å²) in [7, 11) is 1.88. The van der Waals surface area contributed by atoms with Crippen molar-refractivity contribution in [2.45, 2.75) is 27.2 Å². The molecule has 96 valence electrons. The molecule has 0 aromatic carbocycles. The van der Waals surface area contributed by atoms with Crippen LogP contribution in [0, 0.1) is 0 Å². The summed E-state index contributed by atoms with van der Waals surface area (Å²) in [6.45, 7) is 4.84. The van der Waals surface area contributed by atoms with Crippen molar-refractivity contribution in [3.05, 3.63) is 46.7 Å². The van der Waals surface area contributed by atoms with Crippen LogP contribution in [-0.4, -0.2) is 18.6 Å². The minimum absolute atomic E-state index is 0.192. The lowest BCUT2D eigenvalue weighted by Gasteiger charge is -2.07. The van der Waals surface area contributed by atoms with E-state index in [0.717, 1.165) is 23.3 Å². The van der Waals surface area contributed by atoms with E-state index in [0.29, 0.717) is 0 Å². The van der Waals surface area contributed by atoms with E-state index in [1.54, 1.807) is 6.08 Å². The topological polar surface area (TPSA) is 46.2 Å². The number of hydrogen-bond acceptors (Lipinski definition) is 3. The second kappa shape index (κ2) is 6.15. The second-order valence-electron chi connectivity index (χ2n) is 4.38. The van der Waals surface area contributed by atoms with Gasteiger partial charge in [-0.2, -0.15) is 0 Å². The van der Waals surface area contributed by atoms with Crippen LogP contribution in [0.25, 0.3) is 0 Å². The van der Waals surface area contributed by atoms with Crippen LogP contribution in [0.3, 0.4) is 0 Å². The zero-order valence-electron chi connectivity index (χ0n) is 11.3. The predicted octanol–water partition coefficient (Wildman–Crippen LogP) is 2.47. The lowest BCUT2D eigenvalue weighted by atomic mass is 10.00. The number of carbonyl (C=O) groups is 2. The Hall–Kier alpha value is -1.90. The van der Waals surface area contributed by atoms with Crippen molar-refractivity contribution in [3.8, 4) is 0 Å². The highest BCUT2D eigenvalue weighted by Gasteiger charge is 2.11. The zero-order chi connectivity index (χ0) is 13.7. The molecule has 1 aliphatic carbocycles. The van der Waals surface area contributed by atoms with E-state index < -0.39 is 0 Å². The average molecular weight is 245 g/mol. The van der Waals surface area contributed by atoms with E-state index in [4.69, 9.17) is 0 Å². The quantitative estimate of drug-likeness (QED) is 0.470. The number of Topliss-reactive ketones (excluding diaryl/α,β-unsaturated/α-hetero) is 2. The molecule has 0 fully saturated rings. The number of carbonyl (C=O) groups excluding carboxylic acids is 2. The zero-order valence-corrected chi connectivity index (χ0v) is 11.3. The maximum absolute atomic E-state index is 11.4. The average Bonchev–Trinajstić information content (AvgIpc) is 2.47. The molecule has 0 atom stereocenters. The van der Waals surface area contributed by atoms with Gasteiger partial charge >= 0.3 is 0 Å². The molecule has 1 N–H and O–H groups in total. The minimum atomic E-state index is -0.192. The number of hydrogen-bond donors (Lipinski definition) is 1. The highest BCUT2D eigenvalue weighted by Crippen LogP contribution is 2.20. The van der Waals surface area contributed by atoms with E-state index in [2.05, 4.69) is 5.32 Å². The number of allylic oxidation sites excluding steroid dienone is 7. The minimum Gasteiger partial charge on any atom is -0.391 e. The summed E-state index contributed by atoms with van der Waals surface area (Å²) in [5, 5.41) is 3.11. The largest absolute Gasteiger partial charge is 0.391 e. The maximum Gasteiger partial charge on any atom is 0.163 e. The van der Waals surface area contributed by atoms with Crippen molar-refractivity contribution in [1.29, 1.82) is 0 Å². The highest BCUT2D eigenvalue weighted by atomic mass is 16.1. The third kappa shape index (κ3) is 3.55. The molecule has 0 bridgehead atoms. The first-order chi connectivity index (χ1) is 8.45. The fourth-order valence-electron chi connectivity index (χ4n) is 1.81. The number of rotatable bonds is 4. The Labute approximate surface area is 108 Å². The molecule has 0 aromatic rings. The molecule has 0 spiro atoms. The van der Waals surface area contributed by atoms with Crippen LogP contribution >= 0.6 is 0 Å². The summed E-state index contributed by atoms with van der Waals surface area (Å²) in [4.78, 5) is 22.8. The summed E-state index contributed by atoms with van der Waals surface area (Å²) < 4.78 is 0. The van der Waals surface area contributed by atoms with Crippen molar-refractivity contribution in [2.75, 3.05) is 7.05 Å². The smallest absolute Gasteiger partial charge is 0.163 e. The molecule has 0 saturated heterocycles. The molecule has 0 radical (unpaired) electrons. The van der Waals surface area contributed by atoms with Crippen LogP contribution in [0.2, 0.25) is 0 Å². The van der Waals surface area contributed by atoms with E-state index in [1.165, 1.54) is 13.8 Å². The fraction of sp³-hybridized carbons (Fsp3) is 0.333. The third-order valence-corrected chi connectivity index (χ3v) is 2.90. The monoisotopic (exact) mass is 245 g/mol. The first kappa shape index (κ1) is 14.2. The van der Waals surface area contributed by atoms with Gasteiger partial charge in [0.05, 0.1) is 5.57 Å². The SMILES string of the molecule is CNC1=CC=CC(C=C(C(C)=O)C(C)=O)=C(C)C1. The van der Waals surface area contributed by atoms with Gasteiger partial charge in [-0.1, -0.05) is 17.7 Å². The van der Waals surface area contributed by atoms with Crippen LogP contribution in [0.4, 0.5) is 0 Å². The maximum atomic E-state index is 11.4. The summed E-state index contributed by atoms with van der Waals surface area (Å²) >= 11 is 0. The van der Waals surface area contributed by atoms with Crippen molar-refractivity contribution < 1.29 is 9.59 Å². The van der Waals surface area contributed by atoms with Gasteiger partial charge in [0, 0.05) is 19.2 Å². The van der Waals surface area contributed by atoms with Crippen LogP contribution < -0.4 is 5.32 Å². The van der Waals surface area contributed by atoms with Crippen LogP contribution in [-0.2, 0) is 9.59 Å². The molecule has 0 heterocycles. The number of ketones is 2. The van der Waals surface area contributed by atoms with Crippen LogP contribution in [0.1, 0.15) is 27.2 Å². The Morgan fingerprint density at radius 1 is 1.28 bits per heavy atom. The second-order valence-corrected chi connectivity index (χ2v) is 4.38. The van der Waals surface area contributed by atoms with Crippen molar-refractivity contribution in [3.63, 3.8) is 0 Å². The van der Waals surface area contributed by atoms with Crippen LogP contribution in [0.15, 0.2) is 46.7 Å². The summed E-state index contributed by atoms with van der Waals surface area (Å²) in [6, 6.07) is 0. The predicted molar refractivity (Wildman–Crippen MR) is 73.0 cm³/mol. The summed E-state index contributed by atoms with van der Waals surface area (Å²) in [5.74, 6) is -0.385. The van der Waals surface area contributed by atoms with Gasteiger partial charge in [-0.05, 0) is 38.5 Å². The molecule has 1 aliphatic rings. The van der Waals surface area contributed by atoms with Gasteiger partial charge < -0.3 is 5.32 Å². The molecule has 0 amide bonds. The van der Waals surface area contributed by atoms with Gasteiger partial charge in [-0.15, -0.1) is 0 Å². The fourth-order valence-corrected chi connectivity index (χ4v) is 1.81. The molecule has 0 unspecified atom stereocenters. The molecular formula is C15H19NO2. The first-order valence-electron chi connectivity index (χ1n) is 5.94. The molecule has 1 rings (SSSR count). The molecular weight excluding hydrogens is 226 g/mol. The Bertz CT molecular complexity index is 475. The summed E-state index contributed by atoms with van der Waals surface area (Å²) in [5.41, 5.74) is 3.42. The third-order valence-electron chi connectivity index (χ3n) is 2.90. The van der Waals surface area contributed by atoms with Crippen molar-refractivity contribution >= 4 is 11.6 Å². The van der Waals surface area contributed by atoms with E-state index in [9.17, 15) is 9.59 Å². The lowest BCUT2D eigenvalue weighted by molar-refractivity contribution is -0.119. The van der Waals surface area contributed by atoms with Crippen molar-refractivity contribution in [1.82, 2.24) is 5.32 Å². The van der Waals surface area contributed by atoms with Gasteiger partial charge in [0.2, 0.25) is 0 Å². The van der Waals surface area contributed by atoms with Gasteiger partial charge in [0.25, 0.3) is 0 Å². The Balaban J connectivity index is 3.14. The molecule has 0 saturated carbocycles. The molecule has 0 aromatic heterocycles. The Kier molecular flexibility index (Phi) is 4.84. The summed E-state index contributed by atoms with van der Waals surface area (Å²) in [6.07, 6.45) is 8.31. The lowest BCUT2D eigenvalue weighted by Crippen LogP contribution is -2.07. The standard InChI is InChI=1S/C15H19NO2/c1-10-8-14(16-4)7-5-6-13(10)9-15(11(2)17)12(3)18/h5-7,9,16H,8H2,1-4H3. The molecule has 3 heteroatoms. The number of nitrogens with one attached hydrogen (secondary N) is 1. The highest BCUT2D eigenvalue weighted by molar-refractivity contribution is 6.18. The Morgan fingerprint density at radius 3 is 2.39 bits per heavy atom. The Morgan fingerprint density at radius 2 is 1.89 bits per heavy atom. The van der Waals surface area contributed by atoms with Crippen LogP contribution in [0.5, 0.6) is 0 Å². The van der Waals surface area contributed by atoms with Crippen molar-refractivity contribution in [2.24, 2.45) is 0 Å². The van der Waals surface area contributed by atoms with Gasteiger partial charge in [0.1, 0.15) is 0 Å².